The lowest BCUT2D eigenvalue weighted by molar-refractivity contribution is 0.0691. The van der Waals surface area contributed by atoms with E-state index in [-0.39, 0.29) is 5.69 Å². The largest absolute Gasteiger partial charge is 0.478 e. The molecular formula is C7H4FNO3. The second kappa shape index (κ2) is 3.08. The number of aromatic nitrogens is 1. The third kappa shape index (κ3) is 1.45. The number of aldehydes is 1. The third-order valence-electron chi connectivity index (χ3n) is 1.23. The van der Waals surface area contributed by atoms with Crippen LogP contribution in [0.15, 0.2) is 12.3 Å². The molecule has 1 aromatic heterocycles. The molecule has 1 heterocycles. The number of carboxylic acid groups (broad SMARTS) is 1. The average Bonchev–Trinajstić information content (AvgIpc) is 2.05. The lowest BCUT2D eigenvalue weighted by Gasteiger charge is -1.95. The Bertz CT molecular complexity index is 337. The van der Waals surface area contributed by atoms with Gasteiger partial charge in [0.25, 0.3) is 0 Å². The lowest BCUT2D eigenvalue weighted by atomic mass is 10.2. The Labute approximate surface area is 66.7 Å². The van der Waals surface area contributed by atoms with Gasteiger partial charge < -0.3 is 5.11 Å². The first-order valence-electron chi connectivity index (χ1n) is 2.99. The Morgan fingerprint density at radius 2 is 2.33 bits per heavy atom. The van der Waals surface area contributed by atoms with E-state index in [1.165, 1.54) is 0 Å². The molecule has 0 amide bonds. The van der Waals surface area contributed by atoms with Crippen LogP contribution in [-0.2, 0) is 0 Å². The van der Waals surface area contributed by atoms with E-state index in [0.717, 1.165) is 6.07 Å². The van der Waals surface area contributed by atoms with E-state index in [1.807, 2.05) is 0 Å². The molecular weight excluding hydrogens is 165 g/mol. The van der Waals surface area contributed by atoms with Crippen molar-refractivity contribution in [1.82, 2.24) is 4.98 Å². The van der Waals surface area contributed by atoms with Crippen LogP contribution in [0.25, 0.3) is 0 Å². The van der Waals surface area contributed by atoms with Crippen molar-refractivity contribution < 1.29 is 19.1 Å². The molecule has 0 saturated carbocycles. The van der Waals surface area contributed by atoms with Gasteiger partial charge in [0.15, 0.2) is 12.1 Å². The molecule has 0 atom stereocenters. The molecule has 0 aliphatic carbocycles. The summed E-state index contributed by atoms with van der Waals surface area (Å²) in [7, 11) is 0. The van der Waals surface area contributed by atoms with Crippen molar-refractivity contribution >= 4 is 12.3 Å². The monoisotopic (exact) mass is 169 g/mol. The fourth-order valence-corrected chi connectivity index (χ4v) is 0.683. The number of halogens is 1. The summed E-state index contributed by atoms with van der Waals surface area (Å²) >= 11 is 0. The number of aromatic carboxylic acids is 1. The maximum Gasteiger partial charge on any atom is 0.338 e. The second-order valence-electron chi connectivity index (χ2n) is 2.01. The van der Waals surface area contributed by atoms with E-state index in [4.69, 9.17) is 5.11 Å². The molecule has 1 N–H and O–H groups in total. The maximum absolute atomic E-state index is 12.6. The Morgan fingerprint density at radius 1 is 1.67 bits per heavy atom. The standard InChI is InChI=1S/C7H4FNO3/c8-6-2-9-4(3-10)1-5(6)7(11)12/h1-3H,(H,11,12). The number of carbonyl (C=O) groups excluding carboxylic acids is 1. The average molecular weight is 169 g/mol. The molecule has 0 aliphatic rings. The zero-order valence-electron chi connectivity index (χ0n) is 5.82. The van der Waals surface area contributed by atoms with Crippen LogP contribution in [0.3, 0.4) is 0 Å². The maximum atomic E-state index is 12.6. The van der Waals surface area contributed by atoms with Crippen LogP contribution in [0, 0.1) is 5.82 Å². The number of hydrogen-bond acceptors (Lipinski definition) is 3. The zero-order chi connectivity index (χ0) is 9.14. The Balaban J connectivity index is 3.25. The molecule has 0 aromatic carbocycles. The summed E-state index contributed by atoms with van der Waals surface area (Å²) in [6.07, 6.45) is 1.05. The minimum absolute atomic E-state index is 0.103. The van der Waals surface area contributed by atoms with E-state index in [2.05, 4.69) is 4.98 Å². The Morgan fingerprint density at radius 3 is 2.83 bits per heavy atom. The summed E-state index contributed by atoms with van der Waals surface area (Å²) in [5.74, 6) is -2.37. The van der Waals surface area contributed by atoms with Crippen LogP contribution >= 0.6 is 0 Å². The molecule has 0 aliphatic heterocycles. The quantitative estimate of drug-likeness (QED) is 0.662. The fourth-order valence-electron chi connectivity index (χ4n) is 0.683. The summed E-state index contributed by atoms with van der Waals surface area (Å²) in [6.45, 7) is 0. The topological polar surface area (TPSA) is 67.3 Å². The first kappa shape index (κ1) is 8.32. The third-order valence-corrected chi connectivity index (χ3v) is 1.23. The van der Waals surface area contributed by atoms with Gasteiger partial charge in [-0.1, -0.05) is 0 Å². The molecule has 0 spiro atoms. The van der Waals surface area contributed by atoms with Gasteiger partial charge >= 0.3 is 5.97 Å². The first-order valence-corrected chi connectivity index (χ1v) is 2.99. The van der Waals surface area contributed by atoms with Gasteiger partial charge in [-0.2, -0.15) is 0 Å². The van der Waals surface area contributed by atoms with Crippen molar-refractivity contribution in [3.63, 3.8) is 0 Å². The number of rotatable bonds is 2. The van der Waals surface area contributed by atoms with E-state index in [9.17, 15) is 14.0 Å². The van der Waals surface area contributed by atoms with Crippen LogP contribution in [-0.4, -0.2) is 22.3 Å². The van der Waals surface area contributed by atoms with Crippen LogP contribution < -0.4 is 0 Å². The molecule has 0 fully saturated rings. The van der Waals surface area contributed by atoms with E-state index >= 15 is 0 Å². The molecule has 62 valence electrons. The highest BCUT2D eigenvalue weighted by Crippen LogP contribution is 2.06. The summed E-state index contributed by atoms with van der Waals surface area (Å²) in [4.78, 5) is 23.8. The first-order chi connectivity index (χ1) is 5.65. The van der Waals surface area contributed by atoms with Crippen molar-refractivity contribution in [3.8, 4) is 0 Å². The molecule has 1 aromatic rings. The Hall–Kier alpha value is -1.78. The Kier molecular flexibility index (Phi) is 2.14. The van der Waals surface area contributed by atoms with E-state index in [1.54, 1.807) is 0 Å². The van der Waals surface area contributed by atoms with Gasteiger partial charge in [-0.3, -0.25) is 9.78 Å². The molecule has 0 unspecified atom stereocenters. The minimum Gasteiger partial charge on any atom is -0.478 e. The van der Waals surface area contributed by atoms with Gasteiger partial charge in [0.1, 0.15) is 5.69 Å². The van der Waals surface area contributed by atoms with Crippen molar-refractivity contribution in [2.75, 3.05) is 0 Å². The van der Waals surface area contributed by atoms with Gasteiger partial charge in [0, 0.05) is 0 Å². The highest BCUT2D eigenvalue weighted by atomic mass is 19.1. The van der Waals surface area contributed by atoms with Crippen molar-refractivity contribution in [2.24, 2.45) is 0 Å². The normalized spacial score (nSPS) is 9.42. The van der Waals surface area contributed by atoms with Crippen molar-refractivity contribution in [3.05, 3.63) is 29.3 Å². The number of pyridine rings is 1. The number of carbonyl (C=O) groups is 2. The number of nitrogens with zero attached hydrogens (tertiary/aromatic N) is 1. The molecule has 0 saturated heterocycles. The fraction of sp³-hybridized carbons (Fsp3) is 0. The summed E-state index contributed by atoms with van der Waals surface area (Å²) < 4.78 is 12.6. The molecule has 1 rings (SSSR count). The molecule has 4 nitrogen and oxygen atoms in total. The molecule has 5 heteroatoms. The summed E-state index contributed by atoms with van der Waals surface area (Å²) in [5.41, 5.74) is -0.652. The van der Waals surface area contributed by atoms with E-state index < -0.39 is 17.3 Å². The smallest absolute Gasteiger partial charge is 0.338 e. The van der Waals surface area contributed by atoms with Gasteiger partial charge in [0.2, 0.25) is 0 Å². The highest BCUT2D eigenvalue weighted by molar-refractivity contribution is 5.89. The highest BCUT2D eigenvalue weighted by Gasteiger charge is 2.10. The van der Waals surface area contributed by atoms with Crippen LogP contribution in [0.4, 0.5) is 4.39 Å². The molecule has 12 heavy (non-hydrogen) atoms. The predicted octanol–water partition coefficient (Wildman–Crippen LogP) is 0.731. The van der Waals surface area contributed by atoms with Gasteiger partial charge in [-0.25, -0.2) is 9.18 Å². The van der Waals surface area contributed by atoms with Gasteiger partial charge in [0.05, 0.1) is 11.8 Å². The van der Waals surface area contributed by atoms with Gasteiger partial charge in [-0.05, 0) is 6.07 Å². The number of carboxylic acids is 1. The summed E-state index contributed by atoms with van der Waals surface area (Å²) in [5, 5.41) is 8.40. The zero-order valence-corrected chi connectivity index (χ0v) is 5.82. The van der Waals surface area contributed by atoms with Gasteiger partial charge in [-0.15, -0.1) is 0 Å². The predicted molar refractivity (Wildman–Crippen MR) is 36.5 cm³/mol. The minimum atomic E-state index is -1.42. The van der Waals surface area contributed by atoms with Crippen molar-refractivity contribution in [1.29, 1.82) is 0 Å². The van der Waals surface area contributed by atoms with Crippen LogP contribution in [0.2, 0.25) is 0 Å². The SMILES string of the molecule is O=Cc1cc(C(=O)O)c(F)cn1. The van der Waals surface area contributed by atoms with Crippen LogP contribution in [0.5, 0.6) is 0 Å². The lowest BCUT2D eigenvalue weighted by Crippen LogP contribution is -2.03. The van der Waals surface area contributed by atoms with Crippen molar-refractivity contribution in [2.45, 2.75) is 0 Å². The number of hydrogen-bond donors (Lipinski definition) is 1. The summed E-state index contributed by atoms with van der Waals surface area (Å²) in [6, 6.07) is 0.880. The van der Waals surface area contributed by atoms with E-state index in [0.29, 0.717) is 12.5 Å². The second-order valence-corrected chi connectivity index (χ2v) is 2.01. The molecule has 0 radical (unpaired) electrons. The van der Waals surface area contributed by atoms with Crippen LogP contribution in [0.1, 0.15) is 20.8 Å². The molecule has 0 bridgehead atoms.